The molecule has 0 amide bonds. The van der Waals surface area contributed by atoms with Crippen LogP contribution in [0.5, 0.6) is 5.75 Å². The maximum Gasteiger partial charge on any atom is 0.262 e. The molecular formula is C12H8BrN3O2. The van der Waals surface area contributed by atoms with Gasteiger partial charge in [-0.3, -0.25) is 0 Å². The molecule has 0 aliphatic carbocycles. The molecule has 0 atom stereocenters. The van der Waals surface area contributed by atoms with Crippen molar-refractivity contribution in [1.82, 2.24) is 15.1 Å². The van der Waals surface area contributed by atoms with Crippen LogP contribution in [0.4, 0.5) is 0 Å². The van der Waals surface area contributed by atoms with Crippen molar-refractivity contribution in [2.24, 2.45) is 0 Å². The van der Waals surface area contributed by atoms with E-state index in [2.05, 4.69) is 31.1 Å². The molecule has 0 aliphatic rings. The summed E-state index contributed by atoms with van der Waals surface area (Å²) in [6, 6.07) is 8.72. The van der Waals surface area contributed by atoms with E-state index < -0.39 is 0 Å². The van der Waals surface area contributed by atoms with E-state index in [1.54, 1.807) is 24.4 Å². The van der Waals surface area contributed by atoms with Crippen molar-refractivity contribution in [3.63, 3.8) is 0 Å². The van der Waals surface area contributed by atoms with Crippen LogP contribution in [0.3, 0.4) is 0 Å². The molecule has 0 saturated heterocycles. The summed E-state index contributed by atoms with van der Waals surface area (Å²) in [6.07, 6.45) is 1.78. The number of hydrogen-bond acceptors (Lipinski definition) is 4. The molecule has 0 bridgehead atoms. The number of nitrogens with one attached hydrogen (secondary N) is 1. The minimum Gasteiger partial charge on any atom is -0.507 e. The fraction of sp³-hybridized carbons (Fsp3) is 0. The molecule has 3 rings (SSSR count). The van der Waals surface area contributed by atoms with Crippen molar-refractivity contribution in [2.75, 3.05) is 0 Å². The third-order valence-corrected chi connectivity index (χ3v) is 2.95. The SMILES string of the molecule is Oc1ccc(Br)cc1-c1nc(-c2ccc[nH]2)no1. The Morgan fingerprint density at radius 1 is 1.28 bits per heavy atom. The highest BCUT2D eigenvalue weighted by molar-refractivity contribution is 9.10. The Morgan fingerprint density at radius 3 is 2.94 bits per heavy atom. The molecular weight excluding hydrogens is 298 g/mol. The average molecular weight is 306 g/mol. The molecule has 2 N–H and O–H groups in total. The second kappa shape index (κ2) is 4.30. The number of rotatable bonds is 2. The van der Waals surface area contributed by atoms with Crippen LogP contribution in [-0.2, 0) is 0 Å². The van der Waals surface area contributed by atoms with Crippen molar-refractivity contribution in [2.45, 2.75) is 0 Å². The molecule has 2 aromatic heterocycles. The summed E-state index contributed by atoms with van der Waals surface area (Å²) in [7, 11) is 0. The predicted octanol–water partition coefficient (Wildman–Crippen LogP) is 3.20. The number of hydrogen-bond donors (Lipinski definition) is 2. The molecule has 0 aliphatic heterocycles. The molecule has 0 saturated carbocycles. The van der Waals surface area contributed by atoms with Gasteiger partial charge in [0, 0.05) is 10.7 Å². The summed E-state index contributed by atoms with van der Waals surface area (Å²) in [6.45, 7) is 0. The summed E-state index contributed by atoms with van der Waals surface area (Å²) in [5.41, 5.74) is 1.26. The van der Waals surface area contributed by atoms with E-state index in [1.165, 1.54) is 0 Å². The number of aromatic hydroxyl groups is 1. The maximum atomic E-state index is 9.77. The fourth-order valence-corrected chi connectivity index (χ4v) is 1.95. The Morgan fingerprint density at radius 2 is 2.17 bits per heavy atom. The predicted molar refractivity (Wildman–Crippen MR) is 68.9 cm³/mol. The Balaban J connectivity index is 2.05. The van der Waals surface area contributed by atoms with Crippen molar-refractivity contribution >= 4 is 15.9 Å². The van der Waals surface area contributed by atoms with Crippen molar-refractivity contribution in [3.05, 3.63) is 41.0 Å². The summed E-state index contributed by atoms with van der Waals surface area (Å²) >= 11 is 3.33. The van der Waals surface area contributed by atoms with Crippen LogP contribution in [0.2, 0.25) is 0 Å². The zero-order valence-corrected chi connectivity index (χ0v) is 10.7. The molecule has 90 valence electrons. The van der Waals surface area contributed by atoms with E-state index in [0.29, 0.717) is 11.4 Å². The lowest BCUT2D eigenvalue weighted by atomic mass is 10.2. The van der Waals surface area contributed by atoms with Gasteiger partial charge < -0.3 is 14.6 Å². The second-order valence-electron chi connectivity index (χ2n) is 3.67. The lowest BCUT2D eigenvalue weighted by molar-refractivity contribution is 0.425. The van der Waals surface area contributed by atoms with Gasteiger partial charge in [0.15, 0.2) is 0 Å². The van der Waals surface area contributed by atoms with Gasteiger partial charge in [-0.25, -0.2) is 0 Å². The van der Waals surface area contributed by atoms with E-state index >= 15 is 0 Å². The van der Waals surface area contributed by atoms with Crippen molar-refractivity contribution < 1.29 is 9.63 Å². The summed E-state index contributed by atoms with van der Waals surface area (Å²) in [5.74, 6) is 0.827. The molecule has 5 nitrogen and oxygen atoms in total. The van der Waals surface area contributed by atoms with E-state index in [4.69, 9.17) is 4.52 Å². The Hall–Kier alpha value is -2.08. The van der Waals surface area contributed by atoms with Crippen LogP contribution in [-0.4, -0.2) is 20.2 Å². The van der Waals surface area contributed by atoms with Gasteiger partial charge in [0.25, 0.3) is 5.89 Å². The highest BCUT2D eigenvalue weighted by atomic mass is 79.9. The van der Waals surface area contributed by atoms with Crippen LogP contribution < -0.4 is 0 Å². The topological polar surface area (TPSA) is 74.9 Å². The first-order valence-electron chi connectivity index (χ1n) is 5.20. The molecule has 0 fully saturated rings. The normalized spacial score (nSPS) is 10.7. The summed E-state index contributed by atoms with van der Waals surface area (Å²) in [4.78, 5) is 7.22. The first-order valence-corrected chi connectivity index (χ1v) is 6.00. The monoisotopic (exact) mass is 305 g/mol. The molecule has 2 heterocycles. The van der Waals surface area contributed by atoms with Crippen LogP contribution in [0, 0.1) is 0 Å². The smallest absolute Gasteiger partial charge is 0.262 e. The minimum atomic E-state index is 0.0971. The number of benzene rings is 1. The Kier molecular flexibility index (Phi) is 2.64. The number of aromatic amines is 1. The first kappa shape index (κ1) is 11.0. The van der Waals surface area contributed by atoms with Gasteiger partial charge in [0.1, 0.15) is 5.75 Å². The first-order chi connectivity index (χ1) is 8.74. The maximum absolute atomic E-state index is 9.77. The van der Waals surface area contributed by atoms with Gasteiger partial charge in [-0.05, 0) is 30.3 Å². The third kappa shape index (κ3) is 1.91. The van der Waals surface area contributed by atoms with Crippen LogP contribution in [0.25, 0.3) is 23.0 Å². The minimum absolute atomic E-state index is 0.0971. The Bertz CT molecular complexity index is 676. The number of nitrogens with zero attached hydrogens (tertiary/aromatic N) is 2. The van der Waals surface area contributed by atoms with Gasteiger partial charge in [-0.2, -0.15) is 4.98 Å². The van der Waals surface area contributed by atoms with Gasteiger partial charge in [-0.15, -0.1) is 0 Å². The highest BCUT2D eigenvalue weighted by Gasteiger charge is 2.14. The number of H-pyrrole nitrogens is 1. The number of aromatic nitrogens is 3. The quantitative estimate of drug-likeness (QED) is 0.762. The van der Waals surface area contributed by atoms with Gasteiger partial charge in [0.05, 0.1) is 11.3 Å². The van der Waals surface area contributed by atoms with E-state index in [0.717, 1.165) is 10.2 Å². The van der Waals surface area contributed by atoms with E-state index in [9.17, 15) is 5.11 Å². The molecule has 18 heavy (non-hydrogen) atoms. The molecule has 0 spiro atoms. The zero-order valence-electron chi connectivity index (χ0n) is 9.09. The van der Waals surface area contributed by atoms with Crippen molar-refractivity contribution in [3.8, 4) is 28.7 Å². The zero-order chi connectivity index (χ0) is 12.5. The van der Waals surface area contributed by atoms with Crippen LogP contribution in [0.1, 0.15) is 0 Å². The molecule has 6 heteroatoms. The fourth-order valence-electron chi connectivity index (χ4n) is 1.59. The van der Waals surface area contributed by atoms with Gasteiger partial charge in [-0.1, -0.05) is 21.1 Å². The highest BCUT2D eigenvalue weighted by Crippen LogP contribution is 2.31. The average Bonchev–Trinajstić information content (AvgIpc) is 3.00. The van der Waals surface area contributed by atoms with Gasteiger partial charge in [0.2, 0.25) is 5.82 Å². The third-order valence-electron chi connectivity index (χ3n) is 2.45. The lowest BCUT2D eigenvalue weighted by Gasteiger charge is -1.99. The standard InChI is InChI=1S/C12H8BrN3O2/c13-7-3-4-10(17)8(6-7)12-15-11(16-18-12)9-2-1-5-14-9/h1-6,14,17H. The molecule has 0 radical (unpaired) electrons. The largest absolute Gasteiger partial charge is 0.507 e. The number of phenolic OH excluding ortho intramolecular Hbond substituents is 1. The number of halogens is 1. The molecule has 0 unspecified atom stereocenters. The Labute approximate surface area is 111 Å². The van der Waals surface area contributed by atoms with Crippen molar-refractivity contribution in [1.29, 1.82) is 0 Å². The van der Waals surface area contributed by atoms with E-state index in [1.807, 2.05) is 12.1 Å². The van der Waals surface area contributed by atoms with E-state index in [-0.39, 0.29) is 11.6 Å². The second-order valence-corrected chi connectivity index (χ2v) is 4.58. The summed E-state index contributed by atoms with van der Waals surface area (Å²) < 4.78 is 5.98. The molecule has 3 aromatic rings. The molecule has 1 aromatic carbocycles. The van der Waals surface area contributed by atoms with Crippen LogP contribution in [0.15, 0.2) is 45.5 Å². The van der Waals surface area contributed by atoms with Gasteiger partial charge >= 0.3 is 0 Å². The van der Waals surface area contributed by atoms with Crippen LogP contribution >= 0.6 is 15.9 Å². The lowest BCUT2D eigenvalue weighted by Crippen LogP contribution is -1.81. The summed E-state index contributed by atoms with van der Waals surface area (Å²) in [5, 5.41) is 13.6. The number of phenols is 1.